The highest BCUT2D eigenvalue weighted by molar-refractivity contribution is 9.09. The van der Waals surface area contributed by atoms with Crippen molar-refractivity contribution in [3.63, 3.8) is 0 Å². The standard InChI is InChI=1S/C9H9BrO3/c1-7(11)13-9-5-3-2-4-8(9)12-6-10/h2-5H,6H2,1H3. The number of alkyl halides is 1. The number of hydrogen-bond acceptors (Lipinski definition) is 3. The van der Waals surface area contributed by atoms with E-state index in [0.29, 0.717) is 17.0 Å². The Morgan fingerprint density at radius 3 is 2.54 bits per heavy atom. The maximum absolute atomic E-state index is 10.7. The molecule has 0 amide bonds. The largest absolute Gasteiger partial charge is 0.479 e. The molecule has 1 rings (SSSR count). The van der Waals surface area contributed by atoms with E-state index in [4.69, 9.17) is 9.47 Å². The molecule has 13 heavy (non-hydrogen) atoms. The molecule has 0 aliphatic heterocycles. The van der Waals surface area contributed by atoms with E-state index >= 15 is 0 Å². The lowest BCUT2D eigenvalue weighted by molar-refractivity contribution is -0.132. The molecule has 0 unspecified atom stereocenters. The molecule has 0 aromatic heterocycles. The smallest absolute Gasteiger partial charge is 0.308 e. The molecule has 1 aromatic rings. The molecule has 0 saturated heterocycles. The highest BCUT2D eigenvalue weighted by Gasteiger charge is 2.04. The molecule has 0 atom stereocenters. The molecule has 70 valence electrons. The van der Waals surface area contributed by atoms with E-state index in [9.17, 15) is 4.79 Å². The Labute approximate surface area is 84.8 Å². The molecule has 0 spiro atoms. The van der Waals surface area contributed by atoms with Crippen molar-refractivity contribution in [3.8, 4) is 11.5 Å². The third kappa shape index (κ3) is 3.06. The van der Waals surface area contributed by atoms with Gasteiger partial charge in [0.15, 0.2) is 11.5 Å². The Balaban J connectivity index is 2.84. The van der Waals surface area contributed by atoms with E-state index in [1.807, 2.05) is 6.07 Å². The molecule has 0 bridgehead atoms. The Bertz CT molecular complexity index is 299. The van der Waals surface area contributed by atoms with Gasteiger partial charge in [0.25, 0.3) is 0 Å². The van der Waals surface area contributed by atoms with Gasteiger partial charge in [0.1, 0.15) is 5.52 Å². The van der Waals surface area contributed by atoms with Gasteiger partial charge >= 0.3 is 5.97 Å². The summed E-state index contributed by atoms with van der Waals surface area (Å²) in [6.07, 6.45) is 0. The molecule has 0 aliphatic rings. The maximum Gasteiger partial charge on any atom is 0.308 e. The quantitative estimate of drug-likeness (QED) is 0.465. The third-order valence-electron chi connectivity index (χ3n) is 1.31. The predicted octanol–water partition coefficient (Wildman–Crippen LogP) is 2.34. The van der Waals surface area contributed by atoms with Crippen LogP contribution in [0.15, 0.2) is 24.3 Å². The summed E-state index contributed by atoms with van der Waals surface area (Å²) in [4.78, 5) is 10.7. The summed E-state index contributed by atoms with van der Waals surface area (Å²) >= 11 is 3.12. The zero-order chi connectivity index (χ0) is 9.68. The lowest BCUT2D eigenvalue weighted by Crippen LogP contribution is -2.03. The van der Waals surface area contributed by atoms with Crippen LogP contribution >= 0.6 is 15.9 Å². The minimum atomic E-state index is -0.356. The third-order valence-corrected chi connectivity index (χ3v) is 1.54. The van der Waals surface area contributed by atoms with Crippen LogP contribution in [-0.4, -0.2) is 11.5 Å². The number of carbonyl (C=O) groups is 1. The Morgan fingerprint density at radius 1 is 1.38 bits per heavy atom. The summed E-state index contributed by atoms with van der Waals surface area (Å²) in [5.41, 5.74) is 0.366. The fourth-order valence-electron chi connectivity index (χ4n) is 0.867. The Morgan fingerprint density at radius 2 is 2.00 bits per heavy atom. The average Bonchev–Trinajstić information content (AvgIpc) is 2.08. The van der Waals surface area contributed by atoms with Crippen molar-refractivity contribution in [1.82, 2.24) is 0 Å². The van der Waals surface area contributed by atoms with Crippen molar-refractivity contribution in [3.05, 3.63) is 24.3 Å². The lowest BCUT2D eigenvalue weighted by Gasteiger charge is -2.07. The zero-order valence-corrected chi connectivity index (χ0v) is 8.71. The molecule has 0 saturated carbocycles. The summed E-state index contributed by atoms with van der Waals surface area (Å²) in [5, 5.41) is 0. The van der Waals surface area contributed by atoms with Gasteiger partial charge in [0.2, 0.25) is 0 Å². The van der Waals surface area contributed by atoms with E-state index < -0.39 is 0 Å². The van der Waals surface area contributed by atoms with Crippen molar-refractivity contribution < 1.29 is 14.3 Å². The predicted molar refractivity (Wildman–Crippen MR) is 52.2 cm³/mol. The van der Waals surface area contributed by atoms with E-state index in [1.54, 1.807) is 18.2 Å². The second-order valence-electron chi connectivity index (χ2n) is 2.29. The van der Waals surface area contributed by atoms with E-state index in [-0.39, 0.29) is 5.97 Å². The molecular formula is C9H9BrO3. The van der Waals surface area contributed by atoms with Crippen molar-refractivity contribution in [1.29, 1.82) is 0 Å². The zero-order valence-electron chi connectivity index (χ0n) is 7.12. The monoisotopic (exact) mass is 244 g/mol. The minimum absolute atomic E-state index is 0.356. The van der Waals surface area contributed by atoms with Crippen LogP contribution in [-0.2, 0) is 4.79 Å². The molecule has 0 aliphatic carbocycles. The molecule has 0 N–H and O–H groups in total. The first kappa shape index (κ1) is 10.1. The number of hydrogen-bond donors (Lipinski definition) is 0. The van der Waals surface area contributed by atoms with Crippen molar-refractivity contribution in [2.45, 2.75) is 6.92 Å². The number of benzene rings is 1. The van der Waals surface area contributed by atoms with Gasteiger partial charge < -0.3 is 9.47 Å². The van der Waals surface area contributed by atoms with Crippen LogP contribution in [0.3, 0.4) is 0 Å². The summed E-state index contributed by atoms with van der Waals surface area (Å²) in [6.45, 7) is 1.35. The van der Waals surface area contributed by atoms with Gasteiger partial charge in [0.05, 0.1) is 0 Å². The van der Waals surface area contributed by atoms with Gasteiger partial charge in [-0.2, -0.15) is 0 Å². The summed E-state index contributed by atoms with van der Waals surface area (Å²) in [5.74, 6) is 0.634. The van der Waals surface area contributed by atoms with Crippen LogP contribution < -0.4 is 9.47 Å². The maximum atomic E-state index is 10.7. The molecule has 0 radical (unpaired) electrons. The highest BCUT2D eigenvalue weighted by Crippen LogP contribution is 2.26. The molecule has 0 fully saturated rings. The van der Waals surface area contributed by atoms with Crippen molar-refractivity contribution in [2.24, 2.45) is 0 Å². The summed E-state index contributed by atoms with van der Waals surface area (Å²) < 4.78 is 10.1. The molecule has 4 heteroatoms. The topological polar surface area (TPSA) is 35.5 Å². The number of rotatable bonds is 3. The minimum Gasteiger partial charge on any atom is -0.479 e. The first-order chi connectivity index (χ1) is 6.24. The van der Waals surface area contributed by atoms with Crippen LogP contribution in [0.2, 0.25) is 0 Å². The van der Waals surface area contributed by atoms with Crippen LogP contribution in [0.4, 0.5) is 0 Å². The fraction of sp³-hybridized carbons (Fsp3) is 0.222. The SMILES string of the molecule is CC(=O)Oc1ccccc1OCBr. The van der Waals surface area contributed by atoms with Crippen LogP contribution in [0.5, 0.6) is 11.5 Å². The van der Waals surface area contributed by atoms with Crippen molar-refractivity contribution in [2.75, 3.05) is 5.52 Å². The van der Waals surface area contributed by atoms with Crippen molar-refractivity contribution >= 4 is 21.9 Å². The van der Waals surface area contributed by atoms with Gasteiger partial charge in [-0.25, -0.2) is 0 Å². The normalized spacial score (nSPS) is 9.38. The highest BCUT2D eigenvalue weighted by atomic mass is 79.9. The first-order valence-corrected chi connectivity index (χ1v) is 4.82. The summed E-state index contributed by atoms with van der Waals surface area (Å²) in [7, 11) is 0. The second kappa shape index (κ2) is 4.87. The average molecular weight is 245 g/mol. The van der Waals surface area contributed by atoms with E-state index in [1.165, 1.54) is 6.92 Å². The fourth-order valence-corrected chi connectivity index (χ4v) is 1.11. The van der Waals surface area contributed by atoms with E-state index in [2.05, 4.69) is 15.9 Å². The lowest BCUT2D eigenvalue weighted by atomic mass is 10.3. The Hall–Kier alpha value is -1.03. The molecule has 0 heterocycles. The van der Waals surface area contributed by atoms with E-state index in [0.717, 1.165) is 0 Å². The number of halogens is 1. The summed E-state index contributed by atoms with van der Waals surface area (Å²) in [6, 6.07) is 7.00. The van der Waals surface area contributed by atoms with Gasteiger partial charge in [-0.1, -0.05) is 12.1 Å². The molecule has 3 nitrogen and oxygen atoms in total. The van der Waals surface area contributed by atoms with Gasteiger partial charge in [-0.05, 0) is 28.1 Å². The second-order valence-corrected chi connectivity index (χ2v) is 2.75. The molecule has 1 aromatic carbocycles. The van der Waals surface area contributed by atoms with Crippen LogP contribution in [0, 0.1) is 0 Å². The van der Waals surface area contributed by atoms with Crippen LogP contribution in [0.1, 0.15) is 6.92 Å². The number of ether oxygens (including phenoxy) is 2. The first-order valence-electron chi connectivity index (χ1n) is 3.70. The van der Waals surface area contributed by atoms with Gasteiger partial charge in [-0.3, -0.25) is 4.79 Å². The van der Waals surface area contributed by atoms with Gasteiger partial charge in [0, 0.05) is 6.92 Å². The number of esters is 1. The molecular weight excluding hydrogens is 236 g/mol. The number of carbonyl (C=O) groups excluding carboxylic acids is 1. The Kier molecular flexibility index (Phi) is 3.76. The van der Waals surface area contributed by atoms with Gasteiger partial charge in [-0.15, -0.1) is 0 Å². The van der Waals surface area contributed by atoms with Crippen LogP contribution in [0.25, 0.3) is 0 Å². The number of para-hydroxylation sites is 2.